The van der Waals surface area contributed by atoms with Crippen LogP contribution in [0.1, 0.15) is 74.1 Å². The van der Waals surface area contributed by atoms with Gasteiger partial charge >= 0.3 is 13.2 Å². The molecule has 3 heterocycles. The summed E-state index contributed by atoms with van der Waals surface area (Å²) >= 11 is 0. The molecule has 3 fully saturated rings. The Morgan fingerprint density at radius 2 is 1.76 bits per heavy atom. The summed E-state index contributed by atoms with van der Waals surface area (Å²) in [5, 5.41) is 0. The van der Waals surface area contributed by atoms with Gasteiger partial charge in [0.25, 0.3) is 0 Å². The summed E-state index contributed by atoms with van der Waals surface area (Å²) in [5.41, 5.74) is -0.0378. The largest absolute Gasteiger partial charge is 0.487 e. The van der Waals surface area contributed by atoms with Crippen LogP contribution < -0.4 is 0 Å². The first-order chi connectivity index (χ1) is 13.4. The van der Waals surface area contributed by atoms with Gasteiger partial charge in [0.15, 0.2) is 0 Å². The average Bonchev–Trinajstić information content (AvgIpc) is 3.04. The fraction of sp³-hybridized carbons (Fsp3) is 0.864. The molecule has 3 aliphatic heterocycles. The highest BCUT2D eigenvalue weighted by molar-refractivity contribution is 6.51. The van der Waals surface area contributed by atoms with Crippen LogP contribution in [0.3, 0.4) is 0 Å². The molecule has 1 atom stereocenters. The van der Waals surface area contributed by atoms with Crippen LogP contribution in [0.25, 0.3) is 0 Å². The molecule has 0 saturated carbocycles. The minimum absolute atomic E-state index is 0.154. The van der Waals surface area contributed by atoms with Gasteiger partial charge in [0.05, 0.1) is 11.2 Å². The van der Waals surface area contributed by atoms with Gasteiger partial charge in [-0.3, -0.25) is 0 Å². The lowest BCUT2D eigenvalue weighted by Gasteiger charge is -2.32. The molecular formula is C22H38BNO5. The van der Waals surface area contributed by atoms with E-state index in [0.29, 0.717) is 12.5 Å². The Labute approximate surface area is 176 Å². The fourth-order valence-corrected chi connectivity index (χ4v) is 4.21. The summed E-state index contributed by atoms with van der Waals surface area (Å²) in [6, 6.07) is 0.154. The second-order valence-electron chi connectivity index (χ2n) is 10.7. The second kappa shape index (κ2) is 8.24. The topological polar surface area (TPSA) is 57.2 Å². The number of amides is 1. The maximum atomic E-state index is 12.9. The van der Waals surface area contributed by atoms with E-state index in [1.54, 1.807) is 0 Å². The van der Waals surface area contributed by atoms with E-state index in [1.807, 2.05) is 25.7 Å². The molecule has 3 saturated heterocycles. The highest BCUT2D eigenvalue weighted by atomic mass is 16.7. The zero-order valence-corrected chi connectivity index (χ0v) is 19.2. The van der Waals surface area contributed by atoms with E-state index in [1.165, 1.54) is 5.57 Å². The Balaban J connectivity index is 1.72. The molecule has 7 heteroatoms. The number of carbonyl (C=O) groups excluding carboxylic acids is 1. The quantitative estimate of drug-likeness (QED) is 0.651. The van der Waals surface area contributed by atoms with Gasteiger partial charge in [-0.25, -0.2) is 4.79 Å². The number of likely N-dealkylation sites (tertiary alicyclic amines) is 1. The molecule has 3 aliphatic rings. The molecule has 1 amide bonds. The molecule has 29 heavy (non-hydrogen) atoms. The number of hydrogen-bond acceptors (Lipinski definition) is 5. The van der Waals surface area contributed by atoms with Crippen molar-refractivity contribution in [3.05, 3.63) is 11.5 Å². The molecule has 0 aromatic heterocycles. The molecule has 1 unspecified atom stereocenters. The van der Waals surface area contributed by atoms with Crippen LogP contribution in [0.5, 0.6) is 0 Å². The standard InChI is InChI=1S/C22H38BNO5/c1-20(2,3)27-19(25)24-15-17(13-18(24)12-16-8-10-26-11-9-16)14-23-28-21(4,5)22(6,7)29-23/h14,16,18H,8-13,15H2,1-7H3/b17-14-. The van der Waals surface area contributed by atoms with Crippen molar-refractivity contribution in [3.63, 3.8) is 0 Å². The Morgan fingerprint density at radius 1 is 1.17 bits per heavy atom. The predicted molar refractivity (Wildman–Crippen MR) is 114 cm³/mol. The number of rotatable bonds is 3. The Bertz CT molecular complexity index is 618. The molecule has 0 spiro atoms. The Kier molecular flexibility index (Phi) is 6.43. The van der Waals surface area contributed by atoms with Gasteiger partial charge < -0.3 is 23.7 Å². The van der Waals surface area contributed by atoms with Gasteiger partial charge in [0, 0.05) is 25.8 Å². The molecule has 6 nitrogen and oxygen atoms in total. The summed E-state index contributed by atoms with van der Waals surface area (Å²) in [4.78, 5) is 14.8. The van der Waals surface area contributed by atoms with Crippen LogP contribution in [0.2, 0.25) is 0 Å². The highest BCUT2D eigenvalue weighted by Gasteiger charge is 2.50. The first kappa shape index (κ1) is 22.6. The highest BCUT2D eigenvalue weighted by Crippen LogP contribution is 2.38. The summed E-state index contributed by atoms with van der Waals surface area (Å²) < 4.78 is 23.5. The van der Waals surface area contributed by atoms with Crippen molar-refractivity contribution in [3.8, 4) is 0 Å². The molecule has 3 rings (SSSR count). The van der Waals surface area contributed by atoms with Crippen LogP contribution in [0.4, 0.5) is 4.79 Å². The van der Waals surface area contributed by atoms with Gasteiger partial charge in [0.1, 0.15) is 5.60 Å². The van der Waals surface area contributed by atoms with E-state index < -0.39 is 5.60 Å². The van der Waals surface area contributed by atoms with E-state index in [4.69, 9.17) is 18.8 Å². The maximum absolute atomic E-state index is 12.9. The third-order valence-electron chi connectivity index (χ3n) is 6.53. The average molecular weight is 407 g/mol. The van der Waals surface area contributed by atoms with E-state index in [0.717, 1.165) is 38.9 Å². The van der Waals surface area contributed by atoms with Crippen LogP contribution in [0.15, 0.2) is 11.5 Å². The van der Waals surface area contributed by atoms with Crippen molar-refractivity contribution in [2.24, 2.45) is 5.92 Å². The molecule has 0 bridgehead atoms. The molecule has 0 aromatic rings. The van der Waals surface area contributed by atoms with Crippen molar-refractivity contribution < 1.29 is 23.6 Å². The number of nitrogens with zero attached hydrogens (tertiary/aromatic N) is 1. The summed E-state index contributed by atoms with van der Waals surface area (Å²) in [6.45, 7) is 16.2. The molecular weight excluding hydrogens is 369 g/mol. The Morgan fingerprint density at radius 3 is 2.31 bits per heavy atom. The SMILES string of the molecule is CC(C)(C)OC(=O)N1C/C(=C\B2OC(C)(C)C(C)(C)O2)CC1CC1CCOCC1. The normalized spacial score (nSPS) is 28.9. The molecule has 164 valence electrons. The monoisotopic (exact) mass is 407 g/mol. The van der Waals surface area contributed by atoms with E-state index in [-0.39, 0.29) is 30.5 Å². The second-order valence-corrected chi connectivity index (χ2v) is 10.7. The van der Waals surface area contributed by atoms with Gasteiger partial charge in [-0.05, 0) is 80.1 Å². The Hall–Kier alpha value is -1.05. The summed E-state index contributed by atoms with van der Waals surface area (Å²) in [5.74, 6) is 2.66. The molecule has 0 aliphatic carbocycles. The first-order valence-electron chi connectivity index (χ1n) is 11.0. The summed E-state index contributed by atoms with van der Waals surface area (Å²) in [6.07, 6.45) is 3.74. The number of ether oxygens (including phenoxy) is 2. The van der Waals surface area contributed by atoms with Crippen LogP contribution in [-0.4, -0.2) is 60.7 Å². The third-order valence-corrected chi connectivity index (χ3v) is 6.53. The number of carbonyl (C=O) groups is 1. The smallest absolute Gasteiger partial charge is 0.444 e. The third kappa shape index (κ3) is 5.56. The van der Waals surface area contributed by atoms with Crippen LogP contribution in [0, 0.1) is 5.92 Å². The van der Waals surface area contributed by atoms with Crippen molar-refractivity contribution in [2.45, 2.75) is 97.0 Å². The van der Waals surface area contributed by atoms with Gasteiger partial charge in [-0.2, -0.15) is 0 Å². The van der Waals surface area contributed by atoms with Crippen molar-refractivity contribution >= 4 is 13.2 Å². The van der Waals surface area contributed by atoms with Gasteiger partial charge in [-0.15, -0.1) is 0 Å². The minimum atomic E-state index is -0.501. The maximum Gasteiger partial charge on any atom is 0.487 e. The zero-order chi connectivity index (χ0) is 21.4. The van der Waals surface area contributed by atoms with Gasteiger partial charge in [-0.1, -0.05) is 11.5 Å². The zero-order valence-electron chi connectivity index (χ0n) is 19.2. The van der Waals surface area contributed by atoms with Crippen LogP contribution in [-0.2, 0) is 18.8 Å². The minimum Gasteiger partial charge on any atom is -0.444 e. The van der Waals surface area contributed by atoms with Crippen molar-refractivity contribution in [1.82, 2.24) is 4.90 Å². The first-order valence-corrected chi connectivity index (χ1v) is 11.0. The van der Waals surface area contributed by atoms with E-state index >= 15 is 0 Å². The predicted octanol–water partition coefficient (Wildman–Crippen LogP) is 4.37. The van der Waals surface area contributed by atoms with E-state index in [2.05, 4.69) is 33.7 Å². The van der Waals surface area contributed by atoms with Crippen molar-refractivity contribution in [1.29, 1.82) is 0 Å². The van der Waals surface area contributed by atoms with Gasteiger partial charge in [0.2, 0.25) is 0 Å². The van der Waals surface area contributed by atoms with Crippen LogP contribution >= 0.6 is 0 Å². The van der Waals surface area contributed by atoms with E-state index in [9.17, 15) is 4.79 Å². The molecule has 0 radical (unpaired) electrons. The van der Waals surface area contributed by atoms with Crippen molar-refractivity contribution in [2.75, 3.05) is 19.8 Å². The lowest BCUT2D eigenvalue weighted by Crippen LogP contribution is -2.41. The molecule has 0 N–H and O–H groups in total. The summed E-state index contributed by atoms with van der Waals surface area (Å²) in [7, 11) is -0.377. The number of hydrogen-bond donors (Lipinski definition) is 0. The fourth-order valence-electron chi connectivity index (χ4n) is 4.21. The molecule has 0 aromatic carbocycles. The lowest BCUT2D eigenvalue weighted by molar-refractivity contribution is 0.00578. The lowest BCUT2D eigenvalue weighted by atomic mass is 9.85.